The summed E-state index contributed by atoms with van der Waals surface area (Å²) in [5.74, 6) is 2.72. The minimum Gasteiger partial charge on any atom is -0.370 e. The van der Waals surface area contributed by atoms with E-state index in [-0.39, 0.29) is 0 Å². The molecule has 1 unspecified atom stereocenters. The van der Waals surface area contributed by atoms with Gasteiger partial charge < -0.3 is 15.5 Å². The summed E-state index contributed by atoms with van der Waals surface area (Å²) in [6.07, 6.45) is 5.27. The first-order valence-electron chi connectivity index (χ1n) is 7.29. The fourth-order valence-corrected chi connectivity index (χ4v) is 2.51. The van der Waals surface area contributed by atoms with Crippen molar-refractivity contribution < 1.29 is 0 Å². The topological polar surface area (TPSA) is 53.1 Å². The van der Waals surface area contributed by atoms with Crippen LogP contribution in [0.15, 0.2) is 12.4 Å². The highest BCUT2D eigenvalue weighted by molar-refractivity contribution is 5.49. The van der Waals surface area contributed by atoms with Gasteiger partial charge in [0.2, 0.25) is 0 Å². The molecule has 2 N–H and O–H groups in total. The molecule has 0 aliphatic carbocycles. The highest BCUT2D eigenvalue weighted by atomic mass is 15.2. The van der Waals surface area contributed by atoms with Crippen LogP contribution in [0.25, 0.3) is 0 Å². The van der Waals surface area contributed by atoms with Crippen molar-refractivity contribution in [2.75, 3.05) is 43.4 Å². The molecular formula is C14H25N5. The van der Waals surface area contributed by atoms with Gasteiger partial charge in [-0.3, -0.25) is 0 Å². The number of aromatic nitrogens is 2. The molecule has 19 heavy (non-hydrogen) atoms. The van der Waals surface area contributed by atoms with Gasteiger partial charge in [0.05, 0.1) is 0 Å². The Morgan fingerprint density at radius 2 is 2.32 bits per heavy atom. The Hall–Kier alpha value is -1.36. The van der Waals surface area contributed by atoms with E-state index in [4.69, 9.17) is 0 Å². The second-order valence-electron chi connectivity index (χ2n) is 5.20. The van der Waals surface area contributed by atoms with E-state index in [0.717, 1.165) is 43.7 Å². The zero-order valence-corrected chi connectivity index (χ0v) is 12.0. The van der Waals surface area contributed by atoms with Crippen LogP contribution in [0.3, 0.4) is 0 Å². The highest BCUT2D eigenvalue weighted by Gasteiger charge is 2.22. The van der Waals surface area contributed by atoms with E-state index < -0.39 is 0 Å². The van der Waals surface area contributed by atoms with E-state index in [9.17, 15) is 0 Å². The minimum absolute atomic E-state index is 0.733. The number of anilines is 2. The van der Waals surface area contributed by atoms with Crippen LogP contribution >= 0.6 is 0 Å². The first-order chi connectivity index (χ1) is 9.33. The summed E-state index contributed by atoms with van der Waals surface area (Å²) in [5.41, 5.74) is 0. The fraction of sp³-hybridized carbons (Fsp3) is 0.714. The maximum absolute atomic E-state index is 4.40. The molecule has 0 aromatic carbocycles. The molecule has 0 amide bonds. The van der Waals surface area contributed by atoms with Crippen molar-refractivity contribution in [2.24, 2.45) is 5.92 Å². The third-order valence-electron chi connectivity index (χ3n) is 3.59. The normalized spacial score (nSPS) is 18.8. The van der Waals surface area contributed by atoms with Crippen molar-refractivity contribution in [3.8, 4) is 0 Å². The summed E-state index contributed by atoms with van der Waals surface area (Å²) < 4.78 is 0. The van der Waals surface area contributed by atoms with Gasteiger partial charge in [0.25, 0.3) is 0 Å². The average molecular weight is 263 g/mol. The van der Waals surface area contributed by atoms with E-state index in [0.29, 0.717) is 0 Å². The van der Waals surface area contributed by atoms with Gasteiger partial charge in [0.1, 0.15) is 18.0 Å². The molecule has 0 spiro atoms. The molecule has 1 aromatic heterocycles. The van der Waals surface area contributed by atoms with Crippen molar-refractivity contribution in [3.05, 3.63) is 12.4 Å². The Kier molecular flexibility index (Phi) is 5.39. The van der Waals surface area contributed by atoms with Gasteiger partial charge in [-0.2, -0.15) is 0 Å². The second-order valence-corrected chi connectivity index (χ2v) is 5.20. The van der Waals surface area contributed by atoms with Crippen molar-refractivity contribution >= 4 is 11.6 Å². The molecule has 1 aromatic rings. The molecular weight excluding hydrogens is 238 g/mol. The molecule has 5 nitrogen and oxygen atoms in total. The lowest BCUT2D eigenvalue weighted by Gasteiger charge is -2.18. The van der Waals surface area contributed by atoms with Gasteiger partial charge in [0.15, 0.2) is 0 Å². The number of nitrogens with zero attached hydrogens (tertiary/aromatic N) is 3. The molecule has 0 bridgehead atoms. The number of nitrogens with one attached hydrogen (secondary N) is 2. The summed E-state index contributed by atoms with van der Waals surface area (Å²) in [6.45, 7) is 6.45. The summed E-state index contributed by atoms with van der Waals surface area (Å²) in [5, 5.41) is 6.61. The van der Waals surface area contributed by atoms with Crippen LogP contribution in [0.5, 0.6) is 0 Å². The molecule has 2 rings (SSSR count). The Morgan fingerprint density at radius 1 is 1.42 bits per heavy atom. The van der Waals surface area contributed by atoms with E-state index >= 15 is 0 Å². The van der Waals surface area contributed by atoms with Crippen molar-refractivity contribution in [2.45, 2.75) is 26.2 Å². The fourth-order valence-electron chi connectivity index (χ4n) is 2.51. The van der Waals surface area contributed by atoms with Crippen LogP contribution < -0.4 is 15.5 Å². The van der Waals surface area contributed by atoms with Crippen molar-refractivity contribution in [3.63, 3.8) is 0 Å². The predicted octanol–water partition coefficient (Wildman–Crippen LogP) is 1.73. The highest BCUT2D eigenvalue weighted by Crippen LogP contribution is 2.22. The van der Waals surface area contributed by atoms with Gasteiger partial charge in [-0.1, -0.05) is 13.3 Å². The predicted molar refractivity (Wildman–Crippen MR) is 79.7 cm³/mol. The molecule has 1 saturated heterocycles. The summed E-state index contributed by atoms with van der Waals surface area (Å²) in [7, 11) is 2.02. The third-order valence-corrected chi connectivity index (χ3v) is 3.59. The molecule has 0 radical (unpaired) electrons. The van der Waals surface area contributed by atoms with E-state index in [1.54, 1.807) is 6.33 Å². The summed E-state index contributed by atoms with van der Waals surface area (Å²) in [6, 6.07) is 2.07. The zero-order valence-electron chi connectivity index (χ0n) is 12.0. The molecule has 2 heterocycles. The van der Waals surface area contributed by atoms with Crippen LogP contribution in [0.1, 0.15) is 26.2 Å². The van der Waals surface area contributed by atoms with Crippen molar-refractivity contribution in [1.29, 1.82) is 0 Å². The smallest absolute Gasteiger partial charge is 0.134 e. The first kappa shape index (κ1) is 14.1. The average Bonchev–Trinajstić information content (AvgIpc) is 2.89. The van der Waals surface area contributed by atoms with Crippen LogP contribution in [-0.4, -0.2) is 43.2 Å². The molecule has 1 fully saturated rings. The van der Waals surface area contributed by atoms with Crippen LogP contribution in [0.4, 0.5) is 11.6 Å². The lowest BCUT2D eigenvalue weighted by atomic mass is 10.1. The minimum atomic E-state index is 0.733. The SMILES string of the molecule is CCCCNc1cc(N2CCC(CNC)C2)ncn1. The summed E-state index contributed by atoms with van der Waals surface area (Å²) in [4.78, 5) is 11.0. The van der Waals surface area contributed by atoms with Gasteiger partial charge in [0, 0.05) is 25.7 Å². The standard InChI is InChI=1S/C14H25N5/c1-3-4-6-16-13-8-14(18-11-17-13)19-7-5-12(10-19)9-15-2/h8,11-12,15H,3-7,9-10H2,1-2H3,(H,16,17,18). The number of hydrogen-bond acceptors (Lipinski definition) is 5. The Balaban J connectivity index is 1.91. The third kappa shape index (κ3) is 4.06. The van der Waals surface area contributed by atoms with Gasteiger partial charge in [-0.25, -0.2) is 9.97 Å². The molecule has 106 valence electrons. The van der Waals surface area contributed by atoms with E-state index in [1.165, 1.54) is 19.3 Å². The number of hydrogen-bond donors (Lipinski definition) is 2. The zero-order chi connectivity index (χ0) is 13.5. The first-order valence-corrected chi connectivity index (χ1v) is 7.29. The number of unbranched alkanes of at least 4 members (excludes halogenated alkanes) is 1. The Labute approximate surface area is 115 Å². The van der Waals surface area contributed by atoms with Crippen LogP contribution in [-0.2, 0) is 0 Å². The van der Waals surface area contributed by atoms with E-state index in [1.807, 2.05) is 7.05 Å². The van der Waals surface area contributed by atoms with E-state index in [2.05, 4.69) is 38.5 Å². The van der Waals surface area contributed by atoms with Gasteiger partial charge in [-0.15, -0.1) is 0 Å². The maximum Gasteiger partial charge on any atom is 0.134 e. The molecule has 1 aliphatic heterocycles. The lowest BCUT2D eigenvalue weighted by molar-refractivity contribution is 0.549. The maximum atomic E-state index is 4.40. The second kappa shape index (κ2) is 7.28. The van der Waals surface area contributed by atoms with Crippen LogP contribution in [0.2, 0.25) is 0 Å². The molecule has 1 aliphatic rings. The van der Waals surface area contributed by atoms with Gasteiger partial charge in [-0.05, 0) is 32.4 Å². The lowest BCUT2D eigenvalue weighted by Crippen LogP contribution is -2.25. The van der Waals surface area contributed by atoms with Crippen LogP contribution in [0, 0.1) is 5.92 Å². The Bertz CT molecular complexity index is 382. The van der Waals surface area contributed by atoms with Crippen molar-refractivity contribution in [1.82, 2.24) is 15.3 Å². The quantitative estimate of drug-likeness (QED) is 0.734. The number of rotatable bonds is 7. The summed E-state index contributed by atoms with van der Waals surface area (Å²) >= 11 is 0. The monoisotopic (exact) mass is 263 g/mol. The molecule has 1 atom stereocenters. The molecule has 0 saturated carbocycles. The Morgan fingerprint density at radius 3 is 3.11 bits per heavy atom. The molecule has 5 heteroatoms. The van der Waals surface area contributed by atoms with Gasteiger partial charge >= 0.3 is 0 Å². The largest absolute Gasteiger partial charge is 0.370 e.